The van der Waals surface area contributed by atoms with Gasteiger partial charge in [0.1, 0.15) is 5.75 Å². The second kappa shape index (κ2) is 6.99. The lowest BCUT2D eigenvalue weighted by Gasteiger charge is -2.07. The van der Waals surface area contributed by atoms with Crippen LogP contribution in [0.25, 0.3) is 10.4 Å². The molecule has 0 N–H and O–H groups in total. The van der Waals surface area contributed by atoms with E-state index in [4.69, 9.17) is 21.9 Å². The highest BCUT2D eigenvalue weighted by Crippen LogP contribution is 2.25. The Bertz CT molecular complexity index is 389. The van der Waals surface area contributed by atoms with Gasteiger partial charge >= 0.3 is 0 Å². The number of hydrogen-bond donors (Lipinski definition) is 0. The SMILES string of the molecule is CCOc1ccc(CCCN=[N+]=[N-])cc1Cl. The summed E-state index contributed by atoms with van der Waals surface area (Å²) >= 11 is 6.04. The molecule has 0 fully saturated rings. The summed E-state index contributed by atoms with van der Waals surface area (Å²) in [6, 6.07) is 5.74. The molecule has 0 amide bonds. The predicted octanol–water partition coefficient (Wildman–Crippen LogP) is 3.98. The average Bonchev–Trinajstić information content (AvgIpc) is 2.28. The van der Waals surface area contributed by atoms with Gasteiger partial charge in [-0.15, -0.1) is 0 Å². The summed E-state index contributed by atoms with van der Waals surface area (Å²) in [6.07, 6.45) is 1.68. The molecule has 0 radical (unpaired) electrons. The van der Waals surface area contributed by atoms with E-state index in [-0.39, 0.29) is 0 Å². The van der Waals surface area contributed by atoms with E-state index < -0.39 is 0 Å². The molecule has 0 bridgehead atoms. The summed E-state index contributed by atoms with van der Waals surface area (Å²) in [7, 11) is 0. The van der Waals surface area contributed by atoms with Crippen molar-refractivity contribution in [1.29, 1.82) is 0 Å². The molecule has 0 saturated carbocycles. The van der Waals surface area contributed by atoms with Gasteiger partial charge in [-0.1, -0.05) is 22.8 Å². The number of hydrogen-bond acceptors (Lipinski definition) is 2. The van der Waals surface area contributed by atoms with Crippen LogP contribution >= 0.6 is 11.6 Å². The van der Waals surface area contributed by atoms with Crippen LogP contribution in [0, 0.1) is 0 Å². The van der Waals surface area contributed by atoms with Gasteiger partial charge < -0.3 is 4.74 Å². The molecule has 1 aromatic rings. The highest BCUT2D eigenvalue weighted by molar-refractivity contribution is 6.32. The van der Waals surface area contributed by atoms with Crippen molar-refractivity contribution in [2.24, 2.45) is 5.11 Å². The fraction of sp³-hybridized carbons (Fsp3) is 0.455. The van der Waals surface area contributed by atoms with Crippen LogP contribution in [0.2, 0.25) is 5.02 Å². The van der Waals surface area contributed by atoms with Crippen molar-refractivity contribution in [1.82, 2.24) is 0 Å². The molecule has 5 heteroatoms. The van der Waals surface area contributed by atoms with Crippen molar-refractivity contribution in [3.8, 4) is 5.75 Å². The Labute approximate surface area is 99.8 Å². The molecule has 0 spiro atoms. The number of azide groups is 1. The Kier molecular flexibility index (Phi) is 5.54. The first-order valence-electron chi connectivity index (χ1n) is 5.20. The Morgan fingerprint density at radius 2 is 2.31 bits per heavy atom. The highest BCUT2D eigenvalue weighted by atomic mass is 35.5. The van der Waals surface area contributed by atoms with Crippen molar-refractivity contribution in [3.05, 3.63) is 39.2 Å². The van der Waals surface area contributed by atoms with Crippen molar-refractivity contribution < 1.29 is 4.74 Å². The van der Waals surface area contributed by atoms with Crippen molar-refractivity contribution in [3.63, 3.8) is 0 Å². The number of aryl methyl sites for hydroxylation is 1. The third-order valence-electron chi connectivity index (χ3n) is 2.08. The van der Waals surface area contributed by atoms with Gasteiger partial charge in [0, 0.05) is 11.5 Å². The second-order valence-corrected chi connectivity index (χ2v) is 3.66. The molecule has 4 nitrogen and oxygen atoms in total. The summed E-state index contributed by atoms with van der Waals surface area (Å²) in [5.41, 5.74) is 9.25. The van der Waals surface area contributed by atoms with E-state index in [2.05, 4.69) is 10.0 Å². The van der Waals surface area contributed by atoms with Crippen LogP contribution in [0.4, 0.5) is 0 Å². The highest BCUT2D eigenvalue weighted by Gasteiger charge is 2.02. The van der Waals surface area contributed by atoms with Crippen LogP contribution in [0.15, 0.2) is 23.3 Å². The average molecular weight is 240 g/mol. The summed E-state index contributed by atoms with van der Waals surface area (Å²) in [5.74, 6) is 0.711. The molecule has 0 unspecified atom stereocenters. The van der Waals surface area contributed by atoms with Gasteiger partial charge in [-0.2, -0.15) is 0 Å². The first-order chi connectivity index (χ1) is 7.77. The minimum atomic E-state index is 0.515. The van der Waals surface area contributed by atoms with Crippen LogP contribution in [0.1, 0.15) is 18.9 Å². The van der Waals surface area contributed by atoms with Crippen LogP contribution in [-0.4, -0.2) is 13.2 Å². The molecular formula is C11H14ClN3O. The minimum absolute atomic E-state index is 0.515. The second-order valence-electron chi connectivity index (χ2n) is 3.26. The zero-order chi connectivity index (χ0) is 11.8. The molecule has 0 saturated heterocycles. The first kappa shape index (κ1) is 12.7. The van der Waals surface area contributed by atoms with E-state index in [9.17, 15) is 0 Å². The summed E-state index contributed by atoms with van der Waals surface area (Å²) in [5, 5.41) is 4.11. The number of halogens is 1. The fourth-order valence-corrected chi connectivity index (χ4v) is 1.63. The maximum atomic E-state index is 8.12. The number of nitrogens with zero attached hydrogens (tertiary/aromatic N) is 3. The van der Waals surface area contributed by atoms with Gasteiger partial charge in [0.25, 0.3) is 0 Å². The molecule has 1 rings (SSSR count). The molecule has 0 atom stereocenters. The van der Waals surface area contributed by atoms with Crippen molar-refractivity contribution in [2.45, 2.75) is 19.8 Å². The lowest BCUT2D eigenvalue weighted by Crippen LogP contribution is -1.94. The molecule has 0 aliphatic carbocycles. The van der Waals surface area contributed by atoms with Gasteiger partial charge in [-0.3, -0.25) is 0 Å². The van der Waals surface area contributed by atoms with Gasteiger partial charge in [-0.05, 0) is 43.0 Å². The van der Waals surface area contributed by atoms with Crippen LogP contribution in [0.3, 0.4) is 0 Å². The van der Waals surface area contributed by atoms with E-state index in [1.165, 1.54) is 0 Å². The van der Waals surface area contributed by atoms with Crippen LogP contribution in [0.5, 0.6) is 5.75 Å². The van der Waals surface area contributed by atoms with Gasteiger partial charge in [-0.25, -0.2) is 0 Å². The molecule has 16 heavy (non-hydrogen) atoms. The first-order valence-corrected chi connectivity index (χ1v) is 5.57. The van der Waals surface area contributed by atoms with Crippen molar-refractivity contribution in [2.75, 3.05) is 13.2 Å². The lowest BCUT2D eigenvalue weighted by molar-refractivity contribution is 0.340. The standard InChI is InChI=1S/C11H14ClN3O/c1-2-16-11-6-5-9(8-10(11)12)4-3-7-14-15-13/h5-6,8H,2-4,7H2,1H3. The van der Waals surface area contributed by atoms with E-state index in [1.807, 2.05) is 25.1 Å². The van der Waals surface area contributed by atoms with E-state index >= 15 is 0 Å². The molecule has 86 valence electrons. The van der Waals surface area contributed by atoms with Gasteiger partial charge in [0.05, 0.1) is 11.6 Å². The van der Waals surface area contributed by atoms with Crippen molar-refractivity contribution >= 4 is 11.6 Å². The maximum absolute atomic E-state index is 8.12. The Hall–Kier alpha value is -1.38. The quantitative estimate of drug-likeness (QED) is 0.321. The van der Waals surface area contributed by atoms with Crippen LogP contribution in [-0.2, 0) is 6.42 Å². The minimum Gasteiger partial charge on any atom is -0.492 e. The van der Waals surface area contributed by atoms with Gasteiger partial charge in [0.2, 0.25) is 0 Å². The summed E-state index contributed by atoms with van der Waals surface area (Å²) in [4.78, 5) is 2.70. The zero-order valence-electron chi connectivity index (χ0n) is 9.19. The summed E-state index contributed by atoms with van der Waals surface area (Å²) < 4.78 is 5.34. The fourth-order valence-electron chi connectivity index (χ4n) is 1.37. The Balaban J connectivity index is 2.55. The maximum Gasteiger partial charge on any atom is 0.137 e. The predicted molar refractivity (Wildman–Crippen MR) is 65.0 cm³/mol. The molecule has 0 aromatic heterocycles. The monoisotopic (exact) mass is 239 g/mol. The largest absolute Gasteiger partial charge is 0.492 e. The molecule has 0 aliphatic heterocycles. The Morgan fingerprint density at radius 3 is 2.94 bits per heavy atom. The third-order valence-corrected chi connectivity index (χ3v) is 2.38. The third kappa shape index (κ3) is 4.01. The molecular weight excluding hydrogens is 226 g/mol. The van der Waals surface area contributed by atoms with Gasteiger partial charge in [0.15, 0.2) is 0 Å². The topological polar surface area (TPSA) is 58.0 Å². The smallest absolute Gasteiger partial charge is 0.137 e. The number of ether oxygens (including phenoxy) is 1. The number of rotatable bonds is 6. The molecule has 1 aromatic carbocycles. The van der Waals surface area contributed by atoms with E-state index in [0.29, 0.717) is 23.9 Å². The number of benzene rings is 1. The van der Waals surface area contributed by atoms with Crippen LogP contribution < -0.4 is 4.74 Å². The van der Waals surface area contributed by atoms with E-state index in [1.54, 1.807) is 0 Å². The lowest BCUT2D eigenvalue weighted by atomic mass is 10.1. The normalized spacial score (nSPS) is 9.62. The molecule has 0 aliphatic rings. The molecule has 0 heterocycles. The zero-order valence-corrected chi connectivity index (χ0v) is 9.94. The summed E-state index contributed by atoms with van der Waals surface area (Å²) in [6.45, 7) is 3.04. The van der Waals surface area contributed by atoms with E-state index in [0.717, 1.165) is 18.4 Å². The Morgan fingerprint density at radius 1 is 1.50 bits per heavy atom.